The number of aromatic nitrogens is 2. The standard InChI is InChI=1S/C23H32N6S/c1-17-7-4-13-29-16-19(27-22(17)29)10-11-25-23(24-2)26-15-18-8-5-12-28(3)21(18)20-9-6-14-30-20/h4,6-7,9,13-14,16,18,21H,5,8,10-12,15H2,1-3H3,(H2,24,25,26). The van der Waals surface area contributed by atoms with Gasteiger partial charge in [-0.3, -0.25) is 9.89 Å². The maximum Gasteiger partial charge on any atom is 0.190 e. The Morgan fingerprint density at radius 1 is 1.30 bits per heavy atom. The van der Waals surface area contributed by atoms with Crippen molar-refractivity contribution in [3.8, 4) is 0 Å². The van der Waals surface area contributed by atoms with Crippen molar-refractivity contribution in [2.75, 3.05) is 33.7 Å². The molecule has 30 heavy (non-hydrogen) atoms. The summed E-state index contributed by atoms with van der Waals surface area (Å²) in [6, 6.07) is 9.08. The third kappa shape index (κ3) is 4.68. The second-order valence-electron chi connectivity index (χ2n) is 8.13. The topological polar surface area (TPSA) is 57.0 Å². The van der Waals surface area contributed by atoms with Crippen molar-refractivity contribution in [3.63, 3.8) is 0 Å². The third-order valence-electron chi connectivity index (χ3n) is 6.00. The molecule has 4 rings (SSSR count). The molecule has 1 fully saturated rings. The zero-order valence-electron chi connectivity index (χ0n) is 18.1. The summed E-state index contributed by atoms with van der Waals surface area (Å²) in [5.41, 5.74) is 3.34. The Balaban J connectivity index is 1.30. The minimum absolute atomic E-state index is 0.491. The minimum Gasteiger partial charge on any atom is -0.356 e. The Hall–Kier alpha value is -2.38. The number of pyridine rings is 1. The largest absolute Gasteiger partial charge is 0.356 e. The molecule has 0 saturated carbocycles. The van der Waals surface area contributed by atoms with Crippen molar-refractivity contribution < 1.29 is 0 Å². The summed E-state index contributed by atoms with van der Waals surface area (Å²) < 4.78 is 2.10. The van der Waals surface area contributed by atoms with E-state index in [1.807, 2.05) is 18.4 Å². The van der Waals surface area contributed by atoms with Crippen molar-refractivity contribution in [2.45, 2.75) is 32.2 Å². The maximum atomic E-state index is 4.76. The summed E-state index contributed by atoms with van der Waals surface area (Å²) in [4.78, 5) is 13.2. The zero-order valence-corrected chi connectivity index (χ0v) is 19.0. The summed E-state index contributed by atoms with van der Waals surface area (Å²) in [7, 11) is 4.09. The lowest BCUT2D eigenvalue weighted by Gasteiger charge is -2.39. The molecule has 1 aliphatic heterocycles. The van der Waals surface area contributed by atoms with Crippen LogP contribution in [-0.4, -0.2) is 54.0 Å². The monoisotopic (exact) mass is 424 g/mol. The van der Waals surface area contributed by atoms with E-state index in [2.05, 4.69) is 80.9 Å². The maximum absolute atomic E-state index is 4.76. The molecule has 0 radical (unpaired) electrons. The molecule has 0 aromatic carbocycles. The van der Waals surface area contributed by atoms with E-state index < -0.39 is 0 Å². The number of aliphatic imine (C=N–C) groups is 1. The Labute approximate surface area is 183 Å². The molecular weight excluding hydrogens is 392 g/mol. The second kappa shape index (κ2) is 9.62. The van der Waals surface area contributed by atoms with Crippen molar-refractivity contribution in [1.29, 1.82) is 0 Å². The van der Waals surface area contributed by atoms with Crippen LogP contribution in [0.5, 0.6) is 0 Å². The number of hydrogen-bond acceptors (Lipinski definition) is 4. The lowest BCUT2D eigenvalue weighted by Crippen LogP contribution is -2.45. The van der Waals surface area contributed by atoms with Gasteiger partial charge in [0.05, 0.1) is 5.69 Å². The fourth-order valence-corrected chi connectivity index (χ4v) is 5.45. The van der Waals surface area contributed by atoms with Crippen molar-refractivity contribution >= 4 is 22.9 Å². The van der Waals surface area contributed by atoms with Gasteiger partial charge in [0.15, 0.2) is 5.96 Å². The molecule has 0 aliphatic carbocycles. The average molecular weight is 425 g/mol. The highest BCUT2D eigenvalue weighted by Crippen LogP contribution is 2.36. The van der Waals surface area contributed by atoms with E-state index in [1.54, 1.807) is 0 Å². The van der Waals surface area contributed by atoms with Crippen LogP contribution in [0.3, 0.4) is 0 Å². The fraction of sp³-hybridized carbons (Fsp3) is 0.478. The van der Waals surface area contributed by atoms with Gasteiger partial charge in [-0.05, 0) is 62.4 Å². The van der Waals surface area contributed by atoms with Gasteiger partial charge < -0.3 is 15.0 Å². The van der Waals surface area contributed by atoms with Crippen LogP contribution in [-0.2, 0) is 6.42 Å². The van der Waals surface area contributed by atoms with Crippen LogP contribution >= 0.6 is 11.3 Å². The van der Waals surface area contributed by atoms with Crippen LogP contribution in [0.2, 0.25) is 0 Å². The number of fused-ring (bicyclic) bond motifs is 1. The number of piperidine rings is 1. The number of thiophene rings is 1. The van der Waals surface area contributed by atoms with E-state index in [9.17, 15) is 0 Å². The normalized spacial score (nSPS) is 20.6. The molecule has 0 bridgehead atoms. The molecule has 3 aromatic heterocycles. The first kappa shape index (κ1) is 20.9. The molecule has 7 heteroatoms. The van der Waals surface area contributed by atoms with Gasteiger partial charge in [0, 0.05) is 49.9 Å². The first-order valence-corrected chi connectivity index (χ1v) is 11.6. The second-order valence-corrected chi connectivity index (χ2v) is 9.11. The Kier molecular flexibility index (Phi) is 6.69. The first-order chi connectivity index (χ1) is 14.7. The molecule has 2 atom stereocenters. The van der Waals surface area contributed by atoms with Crippen LogP contribution in [0.15, 0.2) is 47.0 Å². The van der Waals surface area contributed by atoms with Crippen molar-refractivity contribution in [3.05, 3.63) is 58.2 Å². The average Bonchev–Trinajstić information content (AvgIpc) is 3.41. The SMILES string of the molecule is CN=C(NCCc1cn2cccc(C)c2n1)NCC1CCCN(C)C1c1cccs1. The van der Waals surface area contributed by atoms with Gasteiger partial charge in [-0.15, -0.1) is 11.3 Å². The number of rotatable bonds is 6. The molecule has 160 valence electrons. The van der Waals surface area contributed by atoms with E-state index in [1.165, 1.54) is 29.8 Å². The van der Waals surface area contributed by atoms with E-state index >= 15 is 0 Å². The molecule has 3 aromatic rings. The lowest BCUT2D eigenvalue weighted by molar-refractivity contribution is 0.125. The highest BCUT2D eigenvalue weighted by atomic mass is 32.1. The van der Waals surface area contributed by atoms with Crippen molar-refractivity contribution in [2.24, 2.45) is 10.9 Å². The predicted octanol–water partition coefficient (Wildman–Crippen LogP) is 3.49. The Morgan fingerprint density at radius 2 is 2.20 bits per heavy atom. The Bertz CT molecular complexity index is 977. The van der Waals surface area contributed by atoms with E-state index in [-0.39, 0.29) is 0 Å². The van der Waals surface area contributed by atoms with Crippen LogP contribution in [0.4, 0.5) is 0 Å². The van der Waals surface area contributed by atoms with Gasteiger partial charge in [-0.2, -0.15) is 0 Å². The van der Waals surface area contributed by atoms with Crippen LogP contribution in [0, 0.1) is 12.8 Å². The highest BCUT2D eigenvalue weighted by molar-refractivity contribution is 7.10. The molecule has 2 unspecified atom stereocenters. The van der Waals surface area contributed by atoms with Gasteiger partial charge in [0.25, 0.3) is 0 Å². The molecule has 4 heterocycles. The van der Waals surface area contributed by atoms with Gasteiger partial charge in [-0.1, -0.05) is 12.1 Å². The summed E-state index contributed by atoms with van der Waals surface area (Å²) >= 11 is 1.87. The van der Waals surface area contributed by atoms with Gasteiger partial charge >= 0.3 is 0 Å². The highest BCUT2D eigenvalue weighted by Gasteiger charge is 2.31. The number of aryl methyl sites for hydroxylation is 1. The third-order valence-corrected chi connectivity index (χ3v) is 6.94. The van der Waals surface area contributed by atoms with Crippen LogP contribution < -0.4 is 10.6 Å². The number of nitrogens with one attached hydrogen (secondary N) is 2. The van der Waals surface area contributed by atoms with E-state index in [0.717, 1.165) is 36.8 Å². The predicted molar refractivity (Wildman–Crippen MR) is 125 cm³/mol. The quantitative estimate of drug-likeness (QED) is 0.470. The van der Waals surface area contributed by atoms with Crippen LogP contribution in [0.25, 0.3) is 5.65 Å². The number of hydrogen-bond donors (Lipinski definition) is 2. The summed E-state index contributed by atoms with van der Waals surface area (Å²) in [5, 5.41) is 9.20. The smallest absolute Gasteiger partial charge is 0.190 e. The van der Waals surface area contributed by atoms with E-state index in [0.29, 0.717) is 12.0 Å². The number of nitrogens with zero attached hydrogens (tertiary/aromatic N) is 4. The van der Waals surface area contributed by atoms with Gasteiger partial charge in [0.2, 0.25) is 0 Å². The molecule has 0 amide bonds. The number of likely N-dealkylation sites (tertiary alicyclic amines) is 1. The summed E-state index contributed by atoms with van der Waals surface area (Å²) in [5.74, 6) is 1.45. The number of imidazole rings is 1. The molecule has 2 N–H and O–H groups in total. The molecule has 1 saturated heterocycles. The van der Waals surface area contributed by atoms with Gasteiger partial charge in [0.1, 0.15) is 5.65 Å². The zero-order chi connectivity index (χ0) is 20.9. The first-order valence-electron chi connectivity index (χ1n) is 10.8. The molecule has 1 aliphatic rings. The summed E-state index contributed by atoms with van der Waals surface area (Å²) in [6.07, 6.45) is 7.54. The van der Waals surface area contributed by atoms with Crippen molar-refractivity contribution in [1.82, 2.24) is 24.9 Å². The van der Waals surface area contributed by atoms with Gasteiger partial charge in [-0.25, -0.2) is 4.98 Å². The Morgan fingerprint density at radius 3 is 2.97 bits per heavy atom. The number of guanidine groups is 1. The van der Waals surface area contributed by atoms with E-state index in [4.69, 9.17) is 4.98 Å². The lowest BCUT2D eigenvalue weighted by atomic mass is 9.88. The summed E-state index contributed by atoms with van der Waals surface area (Å²) in [6.45, 7) is 5.01. The minimum atomic E-state index is 0.491. The molecule has 0 spiro atoms. The molecular formula is C23H32N6S. The molecule has 6 nitrogen and oxygen atoms in total. The fourth-order valence-electron chi connectivity index (χ4n) is 4.46. The van der Waals surface area contributed by atoms with Crippen LogP contribution in [0.1, 0.15) is 35.0 Å².